The van der Waals surface area contributed by atoms with Gasteiger partial charge in [-0.15, -0.1) is 0 Å². The van der Waals surface area contributed by atoms with Crippen molar-refractivity contribution in [2.45, 2.75) is 19.9 Å². The van der Waals surface area contributed by atoms with Gasteiger partial charge in [0, 0.05) is 38.7 Å². The topological polar surface area (TPSA) is 68.3 Å². The van der Waals surface area contributed by atoms with Gasteiger partial charge in [-0.3, -0.25) is 9.59 Å². The Hall–Kier alpha value is -3.22. The Bertz CT molecular complexity index is 901. The second-order valence-electron chi connectivity index (χ2n) is 7.47. The molecule has 0 N–H and O–H groups in total. The third-order valence-electron chi connectivity index (χ3n) is 5.35. The highest BCUT2D eigenvalue weighted by atomic mass is 16.5. The molecule has 1 saturated heterocycles. The minimum atomic E-state index is -0.396. The zero-order valence-corrected chi connectivity index (χ0v) is 18.1. The molecule has 0 saturated carbocycles. The number of carbonyl (C=O) groups excluding carboxylic acids is 2. The lowest BCUT2D eigenvalue weighted by Gasteiger charge is -2.22. The van der Waals surface area contributed by atoms with Crippen LogP contribution in [-0.2, 0) is 16.1 Å². The first-order valence-electron chi connectivity index (χ1n) is 9.78. The van der Waals surface area contributed by atoms with Gasteiger partial charge in [0.2, 0.25) is 17.6 Å². The summed E-state index contributed by atoms with van der Waals surface area (Å²) in [6, 6.07) is 11.5. The van der Waals surface area contributed by atoms with Crippen molar-refractivity contribution in [2.75, 3.05) is 39.8 Å². The van der Waals surface area contributed by atoms with E-state index >= 15 is 0 Å². The van der Waals surface area contributed by atoms with Crippen molar-refractivity contribution in [2.24, 2.45) is 5.92 Å². The van der Waals surface area contributed by atoms with E-state index in [1.807, 2.05) is 31.2 Å². The van der Waals surface area contributed by atoms with E-state index in [1.54, 1.807) is 29.0 Å². The summed E-state index contributed by atoms with van der Waals surface area (Å²) in [4.78, 5) is 29.0. The zero-order valence-electron chi connectivity index (χ0n) is 18.1. The fraction of sp³-hybridized carbons (Fsp3) is 0.391. The van der Waals surface area contributed by atoms with E-state index in [-0.39, 0.29) is 18.2 Å². The Morgan fingerprint density at radius 1 is 1.07 bits per heavy atom. The summed E-state index contributed by atoms with van der Waals surface area (Å²) in [5.41, 5.74) is 2.85. The average Bonchev–Trinajstić information content (AvgIpc) is 3.15. The van der Waals surface area contributed by atoms with E-state index in [2.05, 4.69) is 0 Å². The van der Waals surface area contributed by atoms with E-state index < -0.39 is 5.92 Å². The van der Waals surface area contributed by atoms with E-state index in [4.69, 9.17) is 14.2 Å². The van der Waals surface area contributed by atoms with Gasteiger partial charge in [0.05, 0.1) is 32.9 Å². The molecular formula is C23H28N2O5. The van der Waals surface area contributed by atoms with Gasteiger partial charge in [-0.2, -0.15) is 0 Å². The van der Waals surface area contributed by atoms with E-state index in [0.717, 1.165) is 5.56 Å². The third-order valence-corrected chi connectivity index (χ3v) is 5.35. The van der Waals surface area contributed by atoms with Gasteiger partial charge in [0.1, 0.15) is 0 Å². The van der Waals surface area contributed by atoms with Crippen molar-refractivity contribution < 1.29 is 23.8 Å². The first kappa shape index (κ1) is 21.5. The smallest absolute Gasteiger partial charge is 0.228 e. The van der Waals surface area contributed by atoms with Crippen LogP contribution in [0.1, 0.15) is 17.5 Å². The number of aryl methyl sites for hydroxylation is 1. The molecule has 1 atom stereocenters. The fourth-order valence-electron chi connectivity index (χ4n) is 3.70. The van der Waals surface area contributed by atoms with Crippen LogP contribution in [0.5, 0.6) is 17.2 Å². The average molecular weight is 412 g/mol. The highest BCUT2D eigenvalue weighted by Gasteiger charge is 2.37. The van der Waals surface area contributed by atoms with Crippen molar-refractivity contribution in [3.63, 3.8) is 0 Å². The molecule has 160 valence electrons. The number of carbonyl (C=O) groups is 2. The monoisotopic (exact) mass is 412 g/mol. The standard InChI is InChI=1S/C23H28N2O5/c1-15-6-8-16(9-7-15)13-24(2)23(27)17-10-21(26)25(14-17)18-11-19(28-3)22(30-5)20(12-18)29-4/h6-9,11-12,17H,10,13-14H2,1-5H3. The maximum atomic E-state index is 13.0. The Morgan fingerprint density at radius 2 is 1.67 bits per heavy atom. The van der Waals surface area contributed by atoms with Crippen LogP contribution in [0.4, 0.5) is 5.69 Å². The molecule has 1 unspecified atom stereocenters. The van der Waals surface area contributed by atoms with Crippen LogP contribution in [0.3, 0.4) is 0 Å². The Morgan fingerprint density at radius 3 is 2.20 bits per heavy atom. The molecule has 2 amide bonds. The molecule has 2 aromatic carbocycles. The van der Waals surface area contributed by atoms with E-state index in [1.165, 1.54) is 26.9 Å². The lowest BCUT2D eigenvalue weighted by Crippen LogP contribution is -2.34. The quantitative estimate of drug-likeness (QED) is 0.699. The third kappa shape index (κ3) is 4.35. The first-order valence-corrected chi connectivity index (χ1v) is 9.78. The summed E-state index contributed by atoms with van der Waals surface area (Å²) in [6.45, 7) is 2.85. The number of hydrogen-bond donors (Lipinski definition) is 0. The zero-order chi connectivity index (χ0) is 21.8. The minimum absolute atomic E-state index is 0.0427. The molecular weight excluding hydrogens is 384 g/mol. The summed E-state index contributed by atoms with van der Waals surface area (Å²) in [7, 11) is 6.35. The molecule has 1 fully saturated rings. The lowest BCUT2D eigenvalue weighted by atomic mass is 10.1. The minimum Gasteiger partial charge on any atom is -0.493 e. The number of hydrogen-bond acceptors (Lipinski definition) is 5. The fourth-order valence-corrected chi connectivity index (χ4v) is 3.70. The normalized spacial score (nSPS) is 15.8. The predicted octanol–water partition coefficient (Wildman–Crippen LogP) is 3.03. The molecule has 0 radical (unpaired) electrons. The summed E-state index contributed by atoms with van der Waals surface area (Å²) in [5.74, 6) is 0.843. The van der Waals surface area contributed by atoms with Crippen molar-refractivity contribution in [3.8, 4) is 17.2 Å². The Balaban J connectivity index is 1.75. The summed E-state index contributed by atoms with van der Waals surface area (Å²) < 4.78 is 16.1. The Labute approximate surface area is 177 Å². The van der Waals surface area contributed by atoms with Crippen LogP contribution in [0.15, 0.2) is 36.4 Å². The molecule has 0 aliphatic carbocycles. The van der Waals surface area contributed by atoms with E-state index in [9.17, 15) is 9.59 Å². The molecule has 7 heteroatoms. The largest absolute Gasteiger partial charge is 0.493 e. The molecule has 0 bridgehead atoms. The first-order chi connectivity index (χ1) is 14.4. The molecule has 3 rings (SSSR count). The highest BCUT2D eigenvalue weighted by Crippen LogP contribution is 2.42. The van der Waals surface area contributed by atoms with Gasteiger partial charge < -0.3 is 24.0 Å². The molecule has 1 aliphatic heterocycles. The van der Waals surface area contributed by atoms with E-state index in [0.29, 0.717) is 36.0 Å². The molecule has 0 spiro atoms. The number of methoxy groups -OCH3 is 3. The lowest BCUT2D eigenvalue weighted by molar-refractivity contribution is -0.135. The van der Waals surface area contributed by atoms with Gasteiger partial charge in [-0.05, 0) is 12.5 Å². The number of ether oxygens (including phenoxy) is 3. The highest BCUT2D eigenvalue weighted by molar-refractivity contribution is 6.00. The summed E-state index contributed by atoms with van der Waals surface area (Å²) >= 11 is 0. The van der Waals surface area contributed by atoms with Crippen molar-refractivity contribution >= 4 is 17.5 Å². The number of nitrogens with zero attached hydrogens (tertiary/aromatic N) is 2. The van der Waals surface area contributed by atoms with Crippen LogP contribution in [0.2, 0.25) is 0 Å². The van der Waals surface area contributed by atoms with Crippen LogP contribution < -0.4 is 19.1 Å². The van der Waals surface area contributed by atoms with Gasteiger partial charge in [-0.25, -0.2) is 0 Å². The van der Waals surface area contributed by atoms with Crippen LogP contribution in [0.25, 0.3) is 0 Å². The maximum Gasteiger partial charge on any atom is 0.228 e. The number of anilines is 1. The summed E-state index contributed by atoms with van der Waals surface area (Å²) in [6.07, 6.45) is 0.174. The predicted molar refractivity (Wildman–Crippen MR) is 114 cm³/mol. The molecule has 1 heterocycles. The van der Waals surface area contributed by atoms with Crippen LogP contribution in [-0.4, -0.2) is 51.6 Å². The van der Waals surface area contributed by atoms with Crippen molar-refractivity contribution in [3.05, 3.63) is 47.5 Å². The molecule has 30 heavy (non-hydrogen) atoms. The maximum absolute atomic E-state index is 13.0. The van der Waals surface area contributed by atoms with Crippen molar-refractivity contribution in [1.82, 2.24) is 4.90 Å². The molecule has 0 aromatic heterocycles. The van der Waals surface area contributed by atoms with Crippen LogP contribution >= 0.6 is 0 Å². The molecule has 1 aliphatic rings. The molecule has 7 nitrogen and oxygen atoms in total. The number of amides is 2. The van der Waals surface area contributed by atoms with Gasteiger partial charge in [0.15, 0.2) is 11.5 Å². The van der Waals surface area contributed by atoms with Gasteiger partial charge in [-0.1, -0.05) is 29.8 Å². The van der Waals surface area contributed by atoms with Crippen LogP contribution in [0, 0.1) is 12.8 Å². The number of rotatable bonds is 7. The number of benzene rings is 2. The molecule has 2 aromatic rings. The second kappa shape index (κ2) is 9.07. The summed E-state index contributed by atoms with van der Waals surface area (Å²) in [5, 5.41) is 0. The van der Waals surface area contributed by atoms with Gasteiger partial charge in [0.25, 0.3) is 0 Å². The SMILES string of the molecule is COc1cc(N2CC(C(=O)N(C)Cc3ccc(C)cc3)CC2=O)cc(OC)c1OC. The van der Waals surface area contributed by atoms with Crippen molar-refractivity contribution in [1.29, 1.82) is 0 Å². The van der Waals surface area contributed by atoms with Gasteiger partial charge >= 0.3 is 0 Å². The second-order valence-corrected chi connectivity index (χ2v) is 7.47. The Kier molecular flexibility index (Phi) is 6.50.